The second kappa shape index (κ2) is 9.75. The molecule has 1 fully saturated rings. The largest absolute Gasteiger partial charge is 0.452 e. The average molecular weight is 462 g/mol. The molecule has 3 rings (SSSR count). The summed E-state index contributed by atoms with van der Waals surface area (Å²) in [5.74, 6) is -1.59. The molecule has 0 unspecified atom stereocenters. The smallest absolute Gasteiger partial charge is 0.338 e. The number of anilines is 2. The molecule has 2 aromatic rings. The lowest BCUT2D eigenvalue weighted by Gasteiger charge is -2.16. The fourth-order valence-corrected chi connectivity index (χ4v) is 4.81. The van der Waals surface area contributed by atoms with E-state index in [4.69, 9.17) is 4.74 Å². The van der Waals surface area contributed by atoms with Gasteiger partial charge in [-0.2, -0.15) is 4.31 Å². The van der Waals surface area contributed by atoms with E-state index in [2.05, 4.69) is 10.6 Å². The summed E-state index contributed by atoms with van der Waals surface area (Å²) in [6, 6.07) is 9.57. The molecule has 12 heteroatoms. The number of esters is 1. The number of carbonyl (C=O) groups excluding carboxylic acids is 2. The minimum atomic E-state index is -3.64. The van der Waals surface area contributed by atoms with Gasteiger partial charge in [0.15, 0.2) is 6.61 Å². The van der Waals surface area contributed by atoms with Crippen LogP contribution in [0.2, 0.25) is 0 Å². The highest BCUT2D eigenvalue weighted by molar-refractivity contribution is 7.89. The molecule has 0 aliphatic carbocycles. The molecular formula is C20H22N4O7S. The van der Waals surface area contributed by atoms with Crippen molar-refractivity contribution in [2.45, 2.75) is 17.7 Å². The van der Waals surface area contributed by atoms with Gasteiger partial charge in [0.05, 0.1) is 15.4 Å². The van der Waals surface area contributed by atoms with Gasteiger partial charge in [0.1, 0.15) is 5.69 Å². The second-order valence-electron chi connectivity index (χ2n) is 7.00. The molecule has 1 aliphatic rings. The number of nitro groups is 1. The minimum Gasteiger partial charge on any atom is -0.452 e. The summed E-state index contributed by atoms with van der Waals surface area (Å²) in [5, 5.41) is 16.2. The summed E-state index contributed by atoms with van der Waals surface area (Å²) in [4.78, 5) is 34.9. The van der Waals surface area contributed by atoms with E-state index in [9.17, 15) is 28.1 Å². The Balaban J connectivity index is 1.62. The first-order valence-corrected chi connectivity index (χ1v) is 11.2. The van der Waals surface area contributed by atoms with Crippen LogP contribution in [0.3, 0.4) is 0 Å². The van der Waals surface area contributed by atoms with Crippen LogP contribution in [0, 0.1) is 10.1 Å². The highest BCUT2D eigenvalue weighted by Crippen LogP contribution is 2.25. The maximum atomic E-state index is 12.7. The van der Waals surface area contributed by atoms with Gasteiger partial charge in [0.25, 0.3) is 11.6 Å². The normalized spacial score (nSPS) is 14.0. The topological polar surface area (TPSA) is 148 Å². The number of hydrogen-bond donors (Lipinski definition) is 2. The van der Waals surface area contributed by atoms with Gasteiger partial charge in [0, 0.05) is 31.9 Å². The van der Waals surface area contributed by atoms with Gasteiger partial charge < -0.3 is 15.4 Å². The van der Waals surface area contributed by atoms with E-state index in [1.807, 2.05) is 0 Å². The summed E-state index contributed by atoms with van der Waals surface area (Å²) in [6.45, 7) is 0.272. The van der Waals surface area contributed by atoms with Crippen LogP contribution >= 0.6 is 0 Å². The van der Waals surface area contributed by atoms with Crippen LogP contribution in [0.4, 0.5) is 17.1 Å². The zero-order chi connectivity index (χ0) is 23.3. The van der Waals surface area contributed by atoms with Crippen LogP contribution in [0.5, 0.6) is 0 Å². The number of rotatable bonds is 8. The number of nitrogens with one attached hydrogen (secondary N) is 2. The van der Waals surface area contributed by atoms with Crippen molar-refractivity contribution in [2.75, 3.05) is 37.4 Å². The molecule has 2 aromatic carbocycles. The molecule has 1 saturated heterocycles. The third-order valence-corrected chi connectivity index (χ3v) is 6.75. The molecule has 1 heterocycles. The Bertz CT molecular complexity index is 1140. The van der Waals surface area contributed by atoms with E-state index in [-0.39, 0.29) is 27.5 Å². The van der Waals surface area contributed by atoms with Gasteiger partial charge in [-0.1, -0.05) is 6.07 Å². The first kappa shape index (κ1) is 23.2. The molecular weight excluding hydrogens is 440 g/mol. The van der Waals surface area contributed by atoms with Crippen LogP contribution in [0.1, 0.15) is 23.2 Å². The summed E-state index contributed by atoms with van der Waals surface area (Å²) in [6.07, 6.45) is 1.61. The Labute approximate surface area is 184 Å². The predicted octanol–water partition coefficient (Wildman–Crippen LogP) is 2.22. The Morgan fingerprint density at radius 3 is 2.53 bits per heavy atom. The molecule has 0 spiro atoms. The van der Waals surface area contributed by atoms with E-state index >= 15 is 0 Å². The average Bonchev–Trinajstić information content (AvgIpc) is 3.33. The quantitative estimate of drug-likeness (QED) is 0.345. The fraction of sp³-hybridized carbons (Fsp3) is 0.300. The maximum absolute atomic E-state index is 12.7. The van der Waals surface area contributed by atoms with E-state index in [1.165, 1.54) is 47.8 Å². The molecule has 11 nitrogen and oxygen atoms in total. The van der Waals surface area contributed by atoms with Gasteiger partial charge >= 0.3 is 5.97 Å². The van der Waals surface area contributed by atoms with E-state index < -0.39 is 33.4 Å². The maximum Gasteiger partial charge on any atom is 0.338 e. The van der Waals surface area contributed by atoms with Gasteiger partial charge in [0.2, 0.25) is 10.0 Å². The van der Waals surface area contributed by atoms with Crippen LogP contribution in [0.25, 0.3) is 0 Å². The van der Waals surface area contributed by atoms with Gasteiger partial charge in [-0.25, -0.2) is 13.2 Å². The van der Waals surface area contributed by atoms with Crippen molar-refractivity contribution in [3.05, 3.63) is 58.1 Å². The molecule has 0 saturated carbocycles. The molecule has 0 aromatic heterocycles. The van der Waals surface area contributed by atoms with E-state index in [1.54, 1.807) is 0 Å². The summed E-state index contributed by atoms with van der Waals surface area (Å²) in [5.41, 5.74) is 0.0815. The third-order valence-electron chi connectivity index (χ3n) is 4.85. The lowest BCUT2D eigenvalue weighted by Crippen LogP contribution is -2.28. The summed E-state index contributed by atoms with van der Waals surface area (Å²) in [7, 11) is -2.13. The number of ether oxygens (including phenoxy) is 1. The number of nitro benzene ring substituents is 1. The first-order chi connectivity index (χ1) is 15.2. The van der Waals surface area contributed by atoms with Crippen LogP contribution in [-0.4, -0.2) is 56.3 Å². The van der Waals surface area contributed by atoms with Gasteiger partial charge in [-0.05, 0) is 43.2 Å². The minimum absolute atomic E-state index is 0.0612. The monoisotopic (exact) mass is 462 g/mol. The summed E-state index contributed by atoms with van der Waals surface area (Å²) >= 11 is 0. The zero-order valence-corrected chi connectivity index (χ0v) is 18.1. The van der Waals surface area contributed by atoms with Crippen molar-refractivity contribution in [1.82, 2.24) is 4.31 Å². The number of sulfonamides is 1. The van der Waals surface area contributed by atoms with Crippen molar-refractivity contribution in [3.8, 4) is 0 Å². The Morgan fingerprint density at radius 1 is 1.16 bits per heavy atom. The SMILES string of the molecule is CNc1ccc(C(=O)OCC(=O)Nc2cccc(S(=O)(=O)N3CCCC3)c2)cc1[N+](=O)[O-]. The molecule has 32 heavy (non-hydrogen) atoms. The molecule has 0 atom stereocenters. The lowest BCUT2D eigenvalue weighted by atomic mass is 10.1. The number of nitrogens with zero attached hydrogens (tertiary/aromatic N) is 2. The number of benzene rings is 2. The van der Waals surface area contributed by atoms with E-state index in [0.29, 0.717) is 13.1 Å². The van der Waals surface area contributed by atoms with Crippen LogP contribution in [-0.2, 0) is 19.6 Å². The van der Waals surface area contributed by atoms with Crippen LogP contribution in [0.15, 0.2) is 47.4 Å². The highest BCUT2D eigenvalue weighted by Gasteiger charge is 2.27. The Kier molecular flexibility index (Phi) is 7.05. The lowest BCUT2D eigenvalue weighted by molar-refractivity contribution is -0.384. The summed E-state index contributed by atoms with van der Waals surface area (Å²) < 4.78 is 31.6. The van der Waals surface area contributed by atoms with Crippen molar-refractivity contribution in [1.29, 1.82) is 0 Å². The zero-order valence-electron chi connectivity index (χ0n) is 17.2. The molecule has 0 radical (unpaired) electrons. The Hall–Kier alpha value is -3.51. The van der Waals surface area contributed by atoms with Crippen LogP contribution < -0.4 is 10.6 Å². The molecule has 1 aliphatic heterocycles. The van der Waals surface area contributed by atoms with Gasteiger partial charge in [-0.15, -0.1) is 0 Å². The van der Waals surface area contributed by atoms with Crippen molar-refractivity contribution in [2.24, 2.45) is 0 Å². The van der Waals surface area contributed by atoms with Gasteiger partial charge in [-0.3, -0.25) is 14.9 Å². The number of carbonyl (C=O) groups is 2. The second-order valence-corrected chi connectivity index (χ2v) is 8.94. The predicted molar refractivity (Wildman–Crippen MR) is 116 cm³/mol. The molecule has 170 valence electrons. The Morgan fingerprint density at radius 2 is 1.88 bits per heavy atom. The highest BCUT2D eigenvalue weighted by atomic mass is 32.2. The first-order valence-electron chi connectivity index (χ1n) is 9.76. The third kappa shape index (κ3) is 5.21. The van der Waals surface area contributed by atoms with Crippen molar-refractivity contribution in [3.63, 3.8) is 0 Å². The number of hydrogen-bond acceptors (Lipinski definition) is 8. The van der Waals surface area contributed by atoms with Crippen molar-refractivity contribution < 1.29 is 27.7 Å². The molecule has 1 amide bonds. The number of amides is 1. The van der Waals surface area contributed by atoms with Crippen molar-refractivity contribution >= 4 is 39.0 Å². The van der Waals surface area contributed by atoms with E-state index in [0.717, 1.165) is 18.9 Å². The molecule has 2 N–H and O–H groups in total. The fourth-order valence-electron chi connectivity index (χ4n) is 3.24. The molecule has 0 bridgehead atoms. The standard InChI is InChI=1S/C20H22N4O7S/c1-21-17-8-7-14(11-18(17)24(27)28)20(26)31-13-19(25)22-15-5-4-6-16(12-15)32(29,30)23-9-2-3-10-23/h4-8,11-12,21H,2-3,9-10,13H2,1H3,(H,22,25).